The molecule has 2 rings (SSSR count). The molecule has 188 valence electrons. The fourth-order valence-corrected chi connectivity index (χ4v) is 4.72. The maximum Gasteiger partial charge on any atom is 0.490 e. The first-order valence-electron chi connectivity index (χ1n) is 10.2. The van der Waals surface area contributed by atoms with Gasteiger partial charge in [-0.1, -0.05) is 18.2 Å². The maximum atomic E-state index is 13.1. The van der Waals surface area contributed by atoms with Gasteiger partial charge in [-0.2, -0.15) is 17.5 Å². The van der Waals surface area contributed by atoms with E-state index in [1.165, 1.54) is 4.31 Å². The number of nitrogens with zero attached hydrogens (tertiary/aromatic N) is 2. The van der Waals surface area contributed by atoms with Crippen molar-refractivity contribution in [3.8, 4) is 0 Å². The molecule has 0 unspecified atom stereocenters. The lowest BCUT2D eigenvalue weighted by Crippen LogP contribution is -2.47. The zero-order valence-corrected chi connectivity index (χ0v) is 19.4. The van der Waals surface area contributed by atoms with Gasteiger partial charge in [0, 0.05) is 59.4 Å². The first kappa shape index (κ1) is 28.8. The van der Waals surface area contributed by atoms with Crippen molar-refractivity contribution in [2.24, 2.45) is 0 Å². The summed E-state index contributed by atoms with van der Waals surface area (Å²) in [6.45, 7) is 5.69. The normalized spacial score (nSPS) is 14.5. The lowest BCUT2D eigenvalue weighted by Gasteiger charge is -2.29. The fourth-order valence-electron chi connectivity index (χ4n) is 3.02. The molecular formula is C20H30F3N3O6S. The highest BCUT2D eigenvalue weighted by atomic mass is 32.2. The van der Waals surface area contributed by atoms with E-state index in [1.54, 1.807) is 37.1 Å². The van der Waals surface area contributed by atoms with Gasteiger partial charge in [0.25, 0.3) is 0 Å². The summed E-state index contributed by atoms with van der Waals surface area (Å²) in [7, 11) is -2.05. The number of hydrogen-bond acceptors (Lipinski definition) is 6. The molecular weight excluding hydrogens is 467 g/mol. The fraction of sp³-hybridized carbons (Fsp3) is 0.600. The van der Waals surface area contributed by atoms with E-state index in [-0.39, 0.29) is 18.9 Å². The van der Waals surface area contributed by atoms with Crippen LogP contribution >= 0.6 is 0 Å². The maximum absolute atomic E-state index is 13.1. The lowest BCUT2D eigenvalue weighted by molar-refractivity contribution is -0.192. The molecule has 1 aliphatic heterocycles. The Morgan fingerprint density at radius 2 is 1.76 bits per heavy atom. The molecule has 0 aliphatic carbocycles. The highest BCUT2D eigenvalue weighted by molar-refractivity contribution is 7.89. The number of carboxylic acid groups (broad SMARTS) is 1. The van der Waals surface area contributed by atoms with E-state index in [4.69, 9.17) is 14.6 Å². The van der Waals surface area contributed by atoms with Gasteiger partial charge in [0.2, 0.25) is 15.9 Å². The molecule has 0 spiro atoms. The third kappa shape index (κ3) is 9.66. The van der Waals surface area contributed by atoms with Crippen LogP contribution in [0.1, 0.15) is 18.4 Å². The second-order valence-corrected chi connectivity index (χ2v) is 9.11. The van der Waals surface area contributed by atoms with Crippen molar-refractivity contribution in [1.82, 2.24) is 14.5 Å². The standard InChI is InChI=1S/C18H29N3O4S.C2HF3O2/c1-16-6-3-4-7-17(16)26(23,24)21(11-5-15-25-2)12-8-18(22)20-13-9-19-10-14-20;3-2(4,5)1(6)7/h3-4,6-7,19H,5,8-15H2,1-2H3;(H,6,7). The van der Waals surface area contributed by atoms with Crippen LogP contribution in [0.25, 0.3) is 0 Å². The minimum atomic E-state index is -5.08. The van der Waals surface area contributed by atoms with Crippen LogP contribution in [0.15, 0.2) is 29.2 Å². The summed E-state index contributed by atoms with van der Waals surface area (Å²) in [5.41, 5.74) is 0.706. The molecule has 0 radical (unpaired) electrons. The van der Waals surface area contributed by atoms with E-state index < -0.39 is 22.2 Å². The van der Waals surface area contributed by atoms with Crippen molar-refractivity contribution < 1.29 is 41.0 Å². The van der Waals surface area contributed by atoms with Crippen LogP contribution < -0.4 is 5.32 Å². The molecule has 1 aromatic carbocycles. The van der Waals surface area contributed by atoms with Crippen molar-refractivity contribution in [1.29, 1.82) is 0 Å². The summed E-state index contributed by atoms with van der Waals surface area (Å²) < 4.78 is 64.4. The highest BCUT2D eigenvalue weighted by Crippen LogP contribution is 2.20. The van der Waals surface area contributed by atoms with Crippen LogP contribution in [0.2, 0.25) is 0 Å². The van der Waals surface area contributed by atoms with Gasteiger partial charge in [0.05, 0.1) is 4.90 Å². The summed E-state index contributed by atoms with van der Waals surface area (Å²) >= 11 is 0. The molecule has 1 saturated heterocycles. The van der Waals surface area contributed by atoms with Crippen LogP contribution in [-0.4, -0.2) is 93.8 Å². The number of piperazine rings is 1. The summed E-state index contributed by atoms with van der Waals surface area (Å²) in [5.74, 6) is -2.75. The number of hydrogen-bond donors (Lipinski definition) is 2. The monoisotopic (exact) mass is 497 g/mol. The van der Waals surface area contributed by atoms with Gasteiger partial charge in [-0.15, -0.1) is 0 Å². The molecule has 0 aromatic heterocycles. The second-order valence-electron chi connectivity index (χ2n) is 7.20. The third-order valence-corrected chi connectivity index (χ3v) is 6.81. The predicted molar refractivity (Wildman–Crippen MR) is 114 cm³/mol. The van der Waals surface area contributed by atoms with Gasteiger partial charge in [-0.05, 0) is 25.0 Å². The number of sulfonamides is 1. The van der Waals surface area contributed by atoms with Crippen LogP contribution in [0.3, 0.4) is 0 Å². The largest absolute Gasteiger partial charge is 0.490 e. The number of ether oxygens (including phenoxy) is 1. The van der Waals surface area contributed by atoms with Crippen molar-refractivity contribution >= 4 is 21.9 Å². The van der Waals surface area contributed by atoms with Crippen LogP contribution in [0, 0.1) is 6.92 Å². The topological polar surface area (TPSA) is 116 Å². The number of aliphatic carboxylic acids is 1. The number of carbonyl (C=O) groups is 2. The lowest BCUT2D eigenvalue weighted by atomic mass is 10.2. The Kier molecular flexibility index (Phi) is 11.8. The molecule has 1 amide bonds. The van der Waals surface area contributed by atoms with E-state index >= 15 is 0 Å². The number of halogens is 3. The van der Waals surface area contributed by atoms with Gasteiger partial charge >= 0.3 is 12.1 Å². The molecule has 33 heavy (non-hydrogen) atoms. The number of benzene rings is 1. The molecule has 0 atom stereocenters. The smallest absolute Gasteiger partial charge is 0.475 e. The molecule has 1 aromatic rings. The van der Waals surface area contributed by atoms with E-state index in [0.29, 0.717) is 43.1 Å². The van der Waals surface area contributed by atoms with Crippen LogP contribution in [0.4, 0.5) is 13.2 Å². The quantitative estimate of drug-likeness (QED) is 0.497. The number of carboxylic acids is 1. The molecule has 2 N–H and O–H groups in total. The van der Waals surface area contributed by atoms with Crippen molar-refractivity contribution in [3.05, 3.63) is 29.8 Å². The molecule has 1 aliphatic rings. The Hall–Kier alpha value is -2.22. The predicted octanol–water partition coefficient (Wildman–Crippen LogP) is 1.48. The van der Waals surface area contributed by atoms with Gasteiger partial charge in [0.1, 0.15) is 0 Å². The molecule has 0 saturated carbocycles. The molecule has 13 heteroatoms. The van der Waals surface area contributed by atoms with E-state index in [2.05, 4.69) is 5.32 Å². The summed E-state index contributed by atoms with van der Waals surface area (Å²) in [5, 5.41) is 10.3. The molecule has 1 fully saturated rings. The summed E-state index contributed by atoms with van der Waals surface area (Å²) in [4.78, 5) is 23.4. The Bertz CT molecular complexity index is 874. The minimum Gasteiger partial charge on any atom is -0.475 e. The van der Waals surface area contributed by atoms with Gasteiger partial charge in [-0.3, -0.25) is 4.79 Å². The number of aryl methyl sites for hydroxylation is 1. The number of nitrogens with one attached hydrogen (secondary N) is 1. The average Bonchev–Trinajstić information content (AvgIpc) is 2.76. The summed E-state index contributed by atoms with van der Waals surface area (Å²) in [6.07, 6.45) is -4.30. The summed E-state index contributed by atoms with van der Waals surface area (Å²) in [6, 6.07) is 6.94. The number of amides is 1. The van der Waals surface area contributed by atoms with Crippen molar-refractivity contribution in [2.75, 3.05) is 53.0 Å². The molecule has 0 bridgehead atoms. The van der Waals surface area contributed by atoms with Crippen LogP contribution in [0.5, 0.6) is 0 Å². The zero-order chi connectivity index (χ0) is 25.1. The van der Waals surface area contributed by atoms with Crippen LogP contribution in [-0.2, 0) is 24.3 Å². The first-order chi connectivity index (χ1) is 15.4. The van der Waals surface area contributed by atoms with Gasteiger partial charge < -0.3 is 20.1 Å². The SMILES string of the molecule is COCCCN(CCC(=O)N1CCNCC1)S(=O)(=O)c1ccccc1C.O=C(O)C(F)(F)F. The van der Waals surface area contributed by atoms with E-state index in [9.17, 15) is 26.4 Å². The van der Waals surface area contributed by atoms with Crippen molar-refractivity contribution in [2.45, 2.75) is 30.8 Å². The van der Waals surface area contributed by atoms with E-state index in [1.807, 2.05) is 6.07 Å². The van der Waals surface area contributed by atoms with E-state index in [0.717, 1.165) is 13.1 Å². The number of alkyl halides is 3. The van der Waals surface area contributed by atoms with Gasteiger partial charge in [-0.25, -0.2) is 13.2 Å². The number of rotatable bonds is 9. The Balaban J connectivity index is 0.000000675. The number of methoxy groups -OCH3 is 1. The Morgan fingerprint density at radius 3 is 2.27 bits per heavy atom. The number of carbonyl (C=O) groups excluding carboxylic acids is 1. The minimum absolute atomic E-state index is 0.00299. The highest BCUT2D eigenvalue weighted by Gasteiger charge is 2.38. The molecule has 1 heterocycles. The third-order valence-electron chi connectivity index (χ3n) is 4.75. The average molecular weight is 498 g/mol. The van der Waals surface area contributed by atoms with Crippen molar-refractivity contribution in [3.63, 3.8) is 0 Å². The first-order valence-corrected chi connectivity index (χ1v) is 11.7. The van der Waals surface area contributed by atoms with Gasteiger partial charge in [0.15, 0.2) is 0 Å². The molecule has 9 nitrogen and oxygen atoms in total. The second kappa shape index (κ2) is 13.5. The Labute approximate surface area is 191 Å². The Morgan fingerprint density at radius 1 is 1.18 bits per heavy atom. The zero-order valence-electron chi connectivity index (χ0n) is 18.6.